The van der Waals surface area contributed by atoms with E-state index in [1.54, 1.807) is 25.5 Å². The number of oxazole rings is 1. The van der Waals surface area contributed by atoms with Crippen LogP contribution in [0.25, 0.3) is 22.2 Å². The van der Waals surface area contributed by atoms with Gasteiger partial charge in [0.05, 0.1) is 18.3 Å². The quantitative estimate of drug-likeness (QED) is 0.597. The number of piperidine rings is 1. The zero-order valence-corrected chi connectivity index (χ0v) is 16.9. The number of likely N-dealkylation sites (tertiary alicyclic amines) is 1. The van der Waals surface area contributed by atoms with E-state index in [0.717, 1.165) is 23.6 Å². The first-order valence-electron chi connectivity index (χ1n) is 10.2. The largest absolute Gasteiger partial charge is 0.439 e. The smallest absolute Gasteiger partial charge is 0.238 e. The number of nitrogens with zero attached hydrogens (tertiary/aromatic N) is 4. The summed E-state index contributed by atoms with van der Waals surface area (Å²) in [6.07, 6.45) is 5.12. The Morgan fingerprint density at radius 3 is 2.60 bits per heavy atom. The lowest BCUT2D eigenvalue weighted by Crippen LogP contribution is -2.39. The summed E-state index contributed by atoms with van der Waals surface area (Å²) in [5.74, 6) is 1.48. The van der Waals surface area contributed by atoms with Crippen LogP contribution in [0.5, 0.6) is 0 Å². The monoisotopic (exact) mass is 414 g/mol. The Morgan fingerprint density at radius 1 is 1.13 bits per heavy atom. The molecule has 4 rings (SSSR count). The molecular weight excluding hydrogens is 390 g/mol. The normalized spacial score (nSPS) is 15.3. The molecule has 3 aromatic heterocycles. The number of hydrogen-bond donors (Lipinski definition) is 0. The van der Waals surface area contributed by atoms with E-state index in [1.165, 1.54) is 0 Å². The van der Waals surface area contributed by atoms with Crippen molar-refractivity contribution in [2.24, 2.45) is 5.92 Å². The molecule has 6 nitrogen and oxygen atoms in total. The topological polar surface area (TPSA) is 72.1 Å². The van der Waals surface area contributed by atoms with E-state index in [9.17, 15) is 13.6 Å². The van der Waals surface area contributed by atoms with Gasteiger partial charge in [0, 0.05) is 44.2 Å². The summed E-state index contributed by atoms with van der Waals surface area (Å²) >= 11 is 0. The highest BCUT2D eigenvalue weighted by Gasteiger charge is 2.23. The first kappa shape index (κ1) is 20.4. The lowest BCUT2D eigenvalue weighted by atomic mass is 9.92. The highest BCUT2D eigenvalue weighted by Crippen LogP contribution is 2.25. The standard InChI is InChI=1S/C22H24F2N4O2/c1-14-25-13-20(30-14)19-9-16-8-18(26-11-17(16)12-27-19)10-22(29)28-6-4-15(5-7-28)2-3-21(23)24/h8-9,11-13,15,21H,2-7,10H2,1H3. The van der Waals surface area contributed by atoms with Crippen LogP contribution in [0.3, 0.4) is 0 Å². The van der Waals surface area contributed by atoms with Crippen molar-refractivity contribution in [3.8, 4) is 11.5 Å². The number of rotatable bonds is 6. The summed E-state index contributed by atoms with van der Waals surface area (Å²) in [5.41, 5.74) is 1.37. The number of fused-ring (bicyclic) bond motifs is 1. The van der Waals surface area contributed by atoms with Crippen molar-refractivity contribution in [3.63, 3.8) is 0 Å². The van der Waals surface area contributed by atoms with Crippen molar-refractivity contribution in [1.82, 2.24) is 19.9 Å². The number of halogens is 2. The first-order valence-corrected chi connectivity index (χ1v) is 10.2. The van der Waals surface area contributed by atoms with Crippen LogP contribution in [0.15, 0.2) is 35.1 Å². The van der Waals surface area contributed by atoms with Gasteiger partial charge in [-0.1, -0.05) is 0 Å². The van der Waals surface area contributed by atoms with Crippen LogP contribution in [0.4, 0.5) is 8.78 Å². The summed E-state index contributed by atoms with van der Waals surface area (Å²) in [6.45, 7) is 3.03. The Labute approximate surface area is 173 Å². The number of pyridine rings is 2. The Kier molecular flexibility index (Phi) is 6.01. The molecular formula is C22H24F2N4O2. The summed E-state index contributed by atoms with van der Waals surface area (Å²) in [4.78, 5) is 27.4. The average Bonchev–Trinajstić information content (AvgIpc) is 3.18. The molecule has 3 aromatic rings. The van der Waals surface area contributed by atoms with Crippen LogP contribution >= 0.6 is 0 Å². The van der Waals surface area contributed by atoms with Crippen molar-refractivity contribution in [2.75, 3.05) is 13.1 Å². The number of hydrogen-bond acceptors (Lipinski definition) is 5. The molecule has 1 aliphatic rings. The molecule has 1 saturated heterocycles. The fourth-order valence-corrected chi connectivity index (χ4v) is 3.89. The molecule has 0 unspecified atom stereocenters. The van der Waals surface area contributed by atoms with Crippen LogP contribution < -0.4 is 0 Å². The van der Waals surface area contributed by atoms with E-state index in [1.807, 2.05) is 17.0 Å². The number of amides is 1. The molecule has 0 bridgehead atoms. The maximum atomic E-state index is 12.7. The minimum Gasteiger partial charge on any atom is -0.439 e. The Bertz CT molecular complexity index is 1030. The number of carbonyl (C=O) groups is 1. The Balaban J connectivity index is 1.40. The van der Waals surface area contributed by atoms with Crippen molar-refractivity contribution < 1.29 is 18.0 Å². The van der Waals surface area contributed by atoms with E-state index in [4.69, 9.17) is 4.42 Å². The van der Waals surface area contributed by atoms with Crippen molar-refractivity contribution >= 4 is 16.7 Å². The SMILES string of the molecule is Cc1ncc(-c2cc3cc(CC(=O)N4CCC(CCC(F)F)CC4)ncc3cn2)o1. The molecule has 0 radical (unpaired) electrons. The minimum atomic E-state index is -2.24. The van der Waals surface area contributed by atoms with Gasteiger partial charge in [0.25, 0.3) is 0 Å². The lowest BCUT2D eigenvalue weighted by Gasteiger charge is -2.32. The molecule has 0 N–H and O–H groups in total. The van der Waals surface area contributed by atoms with Gasteiger partial charge in [-0.2, -0.15) is 0 Å². The van der Waals surface area contributed by atoms with Crippen molar-refractivity contribution in [2.45, 2.75) is 45.5 Å². The average molecular weight is 414 g/mol. The Morgan fingerprint density at radius 2 is 1.90 bits per heavy atom. The number of alkyl halides is 2. The van der Waals surface area contributed by atoms with Crippen LogP contribution in [-0.2, 0) is 11.2 Å². The molecule has 4 heterocycles. The summed E-state index contributed by atoms with van der Waals surface area (Å²) in [5, 5.41) is 1.81. The maximum Gasteiger partial charge on any atom is 0.238 e. The third-order valence-electron chi connectivity index (χ3n) is 5.63. The van der Waals surface area contributed by atoms with Gasteiger partial charge < -0.3 is 9.32 Å². The molecule has 30 heavy (non-hydrogen) atoms. The van der Waals surface area contributed by atoms with Crippen molar-refractivity contribution in [3.05, 3.63) is 42.3 Å². The van der Waals surface area contributed by atoms with Gasteiger partial charge in [-0.25, -0.2) is 13.8 Å². The lowest BCUT2D eigenvalue weighted by molar-refractivity contribution is -0.132. The second kappa shape index (κ2) is 8.85. The van der Waals surface area contributed by atoms with Gasteiger partial charge >= 0.3 is 0 Å². The highest BCUT2D eigenvalue weighted by atomic mass is 19.3. The zero-order valence-electron chi connectivity index (χ0n) is 16.9. The second-order valence-electron chi connectivity index (χ2n) is 7.81. The third-order valence-corrected chi connectivity index (χ3v) is 5.63. The van der Waals surface area contributed by atoms with Gasteiger partial charge in [0.2, 0.25) is 12.3 Å². The maximum absolute atomic E-state index is 12.7. The van der Waals surface area contributed by atoms with E-state index < -0.39 is 6.43 Å². The summed E-state index contributed by atoms with van der Waals surface area (Å²) in [7, 11) is 0. The molecule has 8 heteroatoms. The summed E-state index contributed by atoms with van der Waals surface area (Å²) in [6, 6.07) is 3.80. The van der Waals surface area contributed by atoms with E-state index in [2.05, 4.69) is 15.0 Å². The second-order valence-corrected chi connectivity index (χ2v) is 7.81. The predicted octanol–water partition coefficient (Wildman–Crippen LogP) is 4.42. The molecule has 1 aliphatic heterocycles. The molecule has 0 aromatic carbocycles. The van der Waals surface area contributed by atoms with Gasteiger partial charge in [-0.3, -0.25) is 14.8 Å². The van der Waals surface area contributed by atoms with Gasteiger partial charge in [0.15, 0.2) is 11.7 Å². The molecule has 1 fully saturated rings. The van der Waals surface area contributed by atoms with Gasteiger partial charge in [-0.15, -0.1) is 0 Å². The van der Waals surface area contributed by atoms with Crippen LogP contribution in [0.2, 0.25) is 0 Å². The fourth-order valence-electron chi connectivity index (χ4n) is 3.89. The predicted molar refractivity (Wildman–Crippen MR) is 108 cm³/mol. The van der Waals surface area contributed by atoms with Crippen LogP contribution in [0, 0.1) is 12.8 Å². The fraction of sp³-hybridized carbons (Fsp3) is 0.455. The number of aryl methyl sites for hydroxylation is 1. The molecule has 1 amide bonds. The van der Waals surface area contributed by atoms with E-state index in [0.29, 0.717) is 42.5 Å². The molecule has 0 spiro atoms. The zero-order chi connectivity index (χ0) is 21.1. The highest BCUT2D eigenvalue weighted by molar-refractivity contribution is 5.85. The molecule has 0 saturated carbocycles. The summed E-state index contributed by atoms with van der Waals surface area (Å²) < 4.78 is 30.3. The molecule has 0 atom stereocenters. The Hall–Kier alpha value is -2.90. The van der Waals surface area contributed by atoms with Crippen LogP contribution in [-0.4, -0.2) is 45.3 Å². The number of aromatic nitrogens is 3. The first-order chi connectivity index (χ1) is 14.5. The minimum absolute atomic E-state index is 0.0225. The number of carbonyl (C=O) groups excluding carboxylic acids is 1. The molecule has 158 valence electrons. The van der Waals surface area contributed by atoms with Crippen molar-refractivity contribution in [1.29, 1.82) is 0 Å². The third kappa shape index (κ3) is 4.80. The molecule has 0 aliphatic carbocycles. The van der Waals surface area contributed by atoms with E-state index >= 15 is 0 Å². The van der Waals surface area contributed by atoms with Gasteiger partial charge in [-0.05, 0) is 42.7 Å². The van der Waals surface area contributed by atoms with Gasteiger partial charge in [0.1, 0.15) is 5.69 Å². The van der Waals surface area contributed by atoms with E-state index in [-0.39, 0.29) is 24.7 Å². The van der Waals surface area contributed by atoms with Crippen LogP contribution in [0.1, 0.15) is 37.3 Å².